The molecule has 7 N–H and O–H groups in total. The van der Waals surface area contributed by atoms with E-state index in [1.165, 1.54) is 148 Å². The zero-order valence-electron chi connectivity index (χ0n) is 41.9. The maximum Gasteiger partial charge on any atom is 0.306 e. The van der Waals surface area contributed by atoms with Gasteiger partial charge in [-0.15, -0.1) is 0 Å². The van der Waals surface area contributed by atoms with Crippen LogP contribution in [0.4, 0.5) is 0 Å². The lowest BCUT2D eigenvalue weighted by molar-refractivity contribution is -0.332. The molecule has 2 rings (SSSR count). The van der Waals surface area contributed by atoms with Crippen LogP contribution in [0, 0.1) is 0 Å². The Labute approximate surface area is 404 Å². The summed E-state index contributed by atoms with van der Waals surface area (Å²) in [6.07, 6.45) is 21.6. The molecule has 0 aromatic heterocycles. The minimum absolute atomic E-state index is 0.173. The summed E-state index contributed by atoms with van der Waals surface area (Å²) < 4.78 is 33.5. The fourth-order valence-corrected chi connectivity index (χ4v) is 8.87. The number of carbonyl (C=O) groups excluding carboxylic acids is 2. The largest absolute Gasteiger partial charge is 0.462 e. The first-order chi connectivity index (χ1) is 32.5. The average molecular weight is 963 g/mol. The van der Waals surface area contributed by atoms with Crippen molar-refractivity contribution in [1.82, 2.24) is 0 Å². The molecule has 15 nitrogen and oxygen atoms in total. The molecular formula is C52H98O15. The van der Waals surface area contributed by atoms with E-state index in [2.05, 4.69) is 13.8 Å². The van der Waals surface area contributed by atoms with E-state index >= 15 is 0 Å². The summed E-state index contributed by atoms with van der Waals surface area (Å²) in [7, 11) is 0. The summed E-state index contributed by atoms with van der Waals surface area (Å²) in [4.78, 5) is 25.7. The molecule has 0 amide bonds. The van der Waals surface area contributed by atoms with Crippen LogP contribution >= 0.6 is 0 Å². The van der Waals surface area contributed by atoms with Crippen molar-refractivity contribution in [1.29, 1.82) is 0 Å². The van der Waals surface area contributed by atoms with E-state index in [9.17, 15) is 45.3 Å². The SMILES string of the molecule is CCCCCCCCCCCCCCCCCCCCCCCCCC(=O)O[C@H](COC(=O)CCCCCCCCCC)CO[C@H]1O[C@@H](CO[C@H]2O[C@@H](CO)[C@@H](O)C(O)C2O)[C@@H](O)C(O)C1O. The summed E-state index contributed by atoms with van der Waals surface area (Å²) >= 11 is 0. The van der Waals surface area contributed by atoms with Crippen molar-refractivity contribution in [3.63, 3.8) is 0 Å². The molecule has 0 bridgehead atoms. The fourth-order valence-electron chi connectivity index (χ4n) is 8.87. The normalized spacial score (nSPS) is 25.9. The van der Waals surface area contributed by atoms with Gasteiger partial charge in [0.25, 0.3) is 0 Å². The molecule has 0 spiro atoms. The van der Waals surface area contributed by atoms with Crippen LogP contribution in [-0.2, 0) is 38.0 Å². The number of aliphatic hydroxyl groups is 7. The first kappa shape index (κ1) is 61.6. The van der Waals surface area contributed by atoms with Gasteiger partial charge in [0, 0.05) is 12.8 Å². The Balaban J connectivity index is 1.70. The van der Waals surface area contributed by atoms with Gasteiger partial charge in [-0.25, -0.2) is 0 Å². The van der Waals surface area contributed by atoms with Crippen molar-refractivity contribution >= 4 is 11.9 Å². The lowest BCUT2D eigenvalue weighted by atomic mass is 9.98. The number of esters is 2. The zero-order chi connectivity index (χ0) is 48.9. The molecule has 0 aromatic rings. The van der Waals surface area contributed by atoms with Crippen LogP contribution < -0.4 is 0 Å². The van der Waals surface area contributed by atoms with Gasteiger partial charge < -0.3 is 64.2 Å². The molecule has 11 atom stereocenters. The Hall–Kier alpha value is -1.50. The first-order valence-electron chi connectivity index (χ1n) is 27.1. The molecule has 2 aliphatic rings. The quantitative estimate of drug-likeness (QED) is 0.0227. The van der Waals surface area contributed by atoms with Crippen LogP contribution in [0.15, 0.2) is 0 Å². The third-order valence-corrected chi connectivity index (χ3v) is 13.3. The molecule has 15 heteroatoms. The van der Waals surface area contributed by atoms with E-state index in [0.29, 0.717) is 12.8 Å². The van der Waals surface area contributed by atoms with Gasteiger partial charge in [0.2, 0.25) is 0 Å². The molecule has 2 saturated heterocycles. The van der Waals surface area contributed by atoms with Crippen molar-refractivity contribution in [3.8, 4) is 0 Å². The summed E-state index contributed by atoms with van der Waals surface area (Å²) in [5.41, 5.74) is 0. The molecule has 0 aromatic carbocycles. The Morgan fingerprint density at radius 2 is 0.761 bits per heavy atom. The van der Waals surface area contributed by atoms with E-state index in [0.717, 1.165) is 38.5 Å². The Morgan fingerprint density at radius 1 is 0.418 bits per heavy atom. The highest BCUT2D eigenvalue weighted by atomic mass is 16.7. The number of hydrogen-bond donors (Lipinski definition) is 7. The van der Waals surface area contributed by atoms with Crippen molar-refractivity contribution in [2.75, 3.05) is 26.4 Å². The molecule has 2 heterocycles. The lowest BCUT2D eigenvalue weighted by Gasteiger charge is -2.42. The highest BCUT2D eigenvalue weighted by Gasteiger charge is 2.47. The maximum atomic E-state index is 13.0. The smallest absolute Gasteiger partial charge is 0.306 e. The molecule has 2 aliphatic heterocycles. The Kier molecular flexibility index (Phi) is 36.9. The first-order valence-corrected chi connectivity index (χ1v) is 27.1. The molecule has 4 unspecified atom stereocenters. The zero-order valence-corrected chi connectivity index (χ0v) is 41.9. The van der Waals surface area contributed by atoms with E-state index in [-0.39, 0.29) is 26.1 Å². The predicted molar refractivity (Wildman–Crippen MR) is 257 cm³/mol. The molecule has 67 heavy (non-hydrogen) atoms. The number of rotatable bonds is 43. The van der Waals surface area contributed by atoms with E-state index in [1.807, 2.05) is 0 Å². The van der Waals surface area contributed by atoms with Crippen molar-refractivity contribution in [3.05, 3.63) is 0 Å². The summed E-state index contributed by atoms with van der Waals surface area (Å²) in [5, 5.41) is 72.0. The van der Waals surface area contributed by atoms with Crippen molar-refractivity contribution in [2.45, 2.75) is 293 Å². The fraction of sp³-hybridized carbons (Fsp3) is 0.962. The number of aliphatic hydroxyl groups excluding tert-OH is 7. The molecular weight excluding hydrogens is 865 g/mol. The van der Waals surface area contributed by atoms with Crippen LogP contribution in [0.25, 0.3) is 0 Å². The summed E-state index contributed by atoms with van der Waals surface area (Å²) in [5.74, 6) is -0.915. The third kappa shape index (κ3) is 28.2. The van der Waals surface area contributed by atoms with Gasteiger partial charge in [0.15, 0.2) is 18.7 Å². The average Bonchev–Trinajstić information content (AvgIpc) is 3.32. The van der Waals surface area contributed by atoms with Crippen LogP contribution in [0.5, 0.6) is 0 Å². The third-order valence-electron chi connectivity index (χ3n) is 13.3. The molecule has 0 saturated carbocycles. The Bertz CT molecular complexity index is 1180. The second-order valence-corrected chi connectivity index (χ2v) is 19.4. The minimum Gasteiger partial charge on any atom is -0.462 e. The summed E-state index contributed by atoms with van der Waals surface area (Å²) in [6.45, 7) is 2.59. The van der Waals surface area contributed by atoms with Gasteiger partial charge in [0.05, 0.1) is 19.8 Å². The highest BCUT2D eigenvalue weighted by molar-refractivity contribution is 5.70. The minimum atomic E-state index is -1.76. The van der Waals surface area contributed by atoms with Gasteiger partial charge >= 0.3 is 11.9 Å². The van der Waals surface area contributed by atoms with Crippen molar-refractivity contribution < 1.29 is 73.8 Å². The van der Waals surface area contributed by atoms with Gasteiger partial charge in [0.1, 0.15) is 55.4 Å². The second kappa shape index (κ2) is 40.1. The van der Waals surface area contributed by atoms with E-state index in [4.69, 9.17) is 28.4 Å². The maximum absolute atomic E-state index is 13.0. The van der Waals surface area contributed by atoms with Crippen LogP contribution in [0.3, 0.4) is 0 Å². The van der Waals surface area contributed by atoms with Gasteiger partial charge in [-0.1, -0.05) is 200 Å². The molecule has 396 valence electrons. The Morgan fingerprint density at radius 3 is 1.16 bits per heavy atom. The molecule has 0 radical (unpaired) electrons. The van der Waals surface area contributed by atoms with Crippen LogP contribution in [0.1, 0.15) is 226 Å². The van der Waals surface area contributed by atoms with Crippen molar-refractivity contribution in [2.24, 2.45) is 0 Å². The second-order valence-electron chi connectivity index (χ2n) is 19.4. The van der Waals surface area contributed by atoms with E-state index < -0.39 is 92.7 Å². The number of ether oxygens (including phenoxy) is 6. The van der Waals surface area contributed by atoms with Crippen LogP contribution in [0.2, 0.25) is 0 Å². The molecule has 0 aliphatic carbocycles. The molecule has 2 fully saturated rings. The van der Waals surface area contributed by atoms with Gasteiger partial charge in [-0.3, -0.25) is 9.59 Å². The predicted octanol–water partition coefficient (Wildman–Crippen LogP) is 8.00. The monoisotopic (exact) mass is 963 g/mol. The highest BCUT2D eigenvalue weighted by Crippen LogP contribution is 2.27. The van der Waals surface area contributed by atoms with Gasteiger partial charge in [-0.05, 0) is 12.8 Å². The van der Waals surface area contributed by atoms with E-state index in [1.54, 1.807) is 0 Å². The van der Waals surface area contributed by atoms with Gasteiger partial charge in [-0.2, -0.15) is 0 Å². The summed E-state index contributed by atoms with van der Waals surface area (Å²) in [6, 6.07) is 0. The lowest BCUT2D eigenvalue weighted by Crippen LogP contribution is -2.61. The van der Waals surface area contributed by atoms with Crippen LogP contribution in [-0.4, -0.2) is 142 Å². The number of hydrogen-bond acceptors (Lipinski definition) is 15. The number of carbonyl (C=O) groups is 2. The topological polar surface area (TPSA) is 231 Å². The number of unbranched alkanes of at least 4 members (excludes halogenated alkanes) is 29. The standard InChI is InChI=1S/C52H98O15/c1-3-5-7-9-11-13-14-15-16-17-18-19-20-21-22-23-24-25-26-27-29-31-33-35-44(55)65-40(37-62-43(54)34-32-30-28-12-10-8-6-4-2)38-63-51-50(61)48(59)46(57)42(67-51)39-64-52-49(60)47(58)45(56)41(36-53)66-52/h40-42,45-53,56-61H,3-39H2,1-2H3/t40-,41+,42+,45-,46-,47?,48?,49?,50?,51+,52+/m1/s1.